The summed E-state index contributed by atoms with van der Waals surface area (Å²) in [6.07, 6.45) is 5.60. The molecule has 0 saturated carbocycles. The molecule has 2 heterocycles. The zero-order chi connectivity index (χ0) is 17.5. The molecule has 0 spiro atoms. The molecule has 0 bridgehead atoms. The highest BCUT2D eigenvalue weighted by Crippen LogP contribution is 2.20. The lowest BCUT2D eigenvalue weighted by molar-refractivity contribution is 0.0930. The number of hydrogen-bond acceptors (Lipinski definition) is 4. The topological polar surface area (TPSA) is 54.5 Å². The maximum Gasteiger partial charge on any atom is 0.252 e. The summed E-state index contributed by atoms with van der Waals surface area (Å²) in [5.74, 6) is 1.34. The molecule has 1 atom stereocenters. The third kappa shape index (κ3) is 5.03. The fourth-order valence-electron chi connectivity index (χ4n) is 3.33. The summed E-state index contributed by atoms with van der Waals surface area (Å²) < 4.78 is 5.30. The molecular formula is C20H25N3O2. The predicted molar refractivity (Wildman–Crippen MR) is 97.6 cm³/mol. The van der Waals surface area contributed by atoms with E-state index in [9.17, 15) is 4.79 Å². The highest BCUT2D eigenvalue weighted by molar-refractivity contribution is 5.93. The van der Waals surface area contributed by atoms with Crippen molar-refractivity contribution in [2.24, 2.45) is 5.92 Å². The van der Waals surface area contributed by atoms with Crippen molar-refractivity contribution in [3.05, 3.63) is 59.9 Å². The van der Waals surface area contributed by atoms with Gasteiger partial charge in [-0.05, 0) is 55.1 Å². The highest BCUT2D eigenvalue weighted by Gasteiger charge is 2.20. The van der Waals surface area contributed by atoms with Crippen molar-refractivity contribution in [2.45, 2.75) is 19.4 Å². The normalized spacial score (nSPS) is 17.9. The second kappa shape index (κ2) is 8.62. The standard InChI is InChI=1S/C20H25N3O2/c1-25-19-8-2-5-16(11-19)14-23-10-4-6-17(15-23)12-22-20(24)18-7-3-9-21-13-18/h2-3,5,7-9,11,13,17H,4,6,10,12,14-15H2,1H3,(H,22,24). The first-order valence-electron chi connectivity index (χ1n) is 8.78. The minimum Gasteiger partial charge on any atom is -0.497 e. The lowest BCUT2D eigenvalue weighted by Crippen LogP contribution is -2.40. The third-order valence-corrected chi connectivity index (χ3v) is 4.62. The van der Waals surface area contributed by atoms with E-state index in [1.54, 1.807) is 31.6 Å². The second-order valence-corrected chi connectivity index (χ2v) is 6.55. The number of hydrogen-bond donors (Lipinski definition) is 1. The molecule has 1 N–H and O–H groups in total. The third-order valence-electron chi connectivity index (χ3n) is 4.62. The van der Waals surface area contributed by atoms with E-state index >= 15 is 0 Å². The van der Waals surface area contributed by atoms with Gasteiger partial charge in [0.1, 0.15) is 5.75 Å². The van der Waals surface area contributed by atoms with Crippen LogP contribution in [0.2, 0.25) is 0 Å². The first kappa shape index (κ1) is 17.4. The molecule has 1 amide bonds. The quantitative estimate of drug-likeness (QED) is 0.879. The van der Waals surface area contributed by atoms with Crippen molar-refractivity contribution < 1.29 is 9.53 Å². The van der Waals surface area contributed by atoms with Crippen LogP contribution in [0.5, 0.6) is 5.75 Å². The number of nitrogens with one attached hydrogen (secondary N) is 1. The van der Waals surface area contributed by atoms with Crippen LogP contribution in [0.15, 0.2) is 48.8 Å². The van der Waals surface area contributed by atoms with E-state index in [1.165, 1.54) is 5.56 Å². The monoisotopic (exact) mass is 339 g/mol. The largest absolute Gasteiger partial charge is 0.497 e. The molecule has 0 aliphatic carbocycles. The summed E-state index contributed by atoms with van der Waals surface area (Å²) in [7, 11) is 1.70. The van der Waals surface area contributed by atoms with Crippen LogP contribution in [-0.2, 0) is 6.54 Å². The molecule has 1 fully saturated rings. The average Bonchev–Trinajstić information content (AvgIpc) is 2.67. The van der Waals surface area contributed by atoms with Gasteiger partial charge in [-0.15, -0.1) is 0 Å². The van der Waals surface area contributed by atoms with E-state index < -0.39 is 0 Å². The molecule has 5 heteroatoms. The Morgan fingerprint density at radius 3 is 3.08 bits per heavy atom. The first-order valence-corrected chi connectivity index (χ1v) is 8.78. The van der Waals surface area contributed by atoms with Gasteiger partial charge in [0.25, 0.3) is 5.91 Å². The van der Waals surface area contributed by atoms with Crippen molar-refractivity contribution >= 4 is 5.91 Å². The van der Waals surface area contributed by atoms with Crippen LogP contribution < -0.4 is 10.1 Å². The minimum atomic E-state index is -0.0435. The molecule has 1 unspecified atom stereocenters. The first-order chi connectivity index (χ1) is 12.2. The molecule has 1 aliphatic rings. The molecular weight excluding hydrogens is 314 g/mol. The van der Waals surface area contributed by atoms with Gasteiger partial charge in [-0.3, -0.25) is 14.7 Å². The van der Waals surface area contributed by atoms with Gasteiger partial charge >= 0.3 is 0 Å². The van der Waals surface area contributed by atoms with Gasteiger partial charge in [0.2, 0.25) is 0 Å². The zero-order valence-corrected chi connectivity index (χ0v) is 14.6. The van der Waals surface area contributed by atoms with Gasteiger partial charge in [0, 0.05) is 32.0 Å². The average molecular weight is 339 g/mol. The van der Waals surface area contributed by atoms with E-state index in [2.05, 4.69) is 27.3 Å². The van der Waals surface area contributed by atoms with Crippen molar-refractivity contribution in [3.8, 4) is 5.75 Å². The number of carbonyl (C=O) groups is 1. The number of likely N-dealkylation sites (tertiary alicyclic amines) is 1. The lowest BCUT2D eigenvalue weighted by atomic mass is 9.97. The van der Waals surface area contributed by atoms with Crippen molar-refractivity contribution in [3.63, 3.8) is 0 Å². The fourth-order valence-corrected chi connectivity index (χ4v) is 3.33. The number of methoxy groups -OCH3 is 1. The molecule has 25 heavy (non-hydrogen) atoms. The molecule has 1 aromatic carbocycles. The summed E-state index contributed by atoms with van der Waals surface area (Å²) in [5, 5.41) is 3.05. The number of amides is 1. The lowest BCUT2D eigenvalue weighted by Gasteiger charge is -2.32. The van der Waals surface area contributed by atoms with Crippen molar-refractivity contribution in [1.82, 2.24) is 15.2 Å². The Balaban J connectivity index is 1.50. The SMILES string of the molecule is COc1cccc(CN2CCCC(CNC(=O)c3cccnc3)C2)c1. The fraction of sp³-hybridized carbons (Fsp3) is 0.400. The summed E-state index contributed by atoms with van der Waals surface area (Å²) in [6, 6.07) is 11.8. The van der Waals surface area contributed by atoms with Crippen LogP contribution in [0, 0.1) is 5.92 Å². The summed E-state index contributed by atoms with van der Waals surface area (Å²) >= 11 is 0. The maximum absolute atomic E-state index is 12.2. The number of rotatable bonds is 6. The molecule has 2 aromatic rings. The Morgan fingerprint density at radius 2 is 2.28 bits per heavy atom. The van der Waals surface area contributed by atoms with Gasteiger partial charge in [-0.1, -0.05) is 12.1 Å². The van der Waals surface area contributed by atoms with E-state index in [4.69, 9.17) is 4.74 Å². The number of benzene rings is 1. The molecule has 3 rings (SSSR count). The molecule has 1 saturated heterocycles. The number of ether oxygens (including phenoxy) is 1. The Hall–Kier alpha value is -2.40. The molecule has 0 radical (unpaired) electrons. The van der Waals surface area contributed by atoms with Gasteiger partial charge in [0.05, 0.1) is 12.7 Å². The van der Waals surface area contributed by atoms with Gasteiger partial charge < -0.3 is 10.1 Å². The van der Waals surface area contributed by atoms with Crippen LogP contribution in [0.1, 0.15) is 28.8 Å². The van der Waals surface area contributed by atoms with Crippen LogP contribution in [0.25, 0.3) is 0 Å². The van der Waals surface area contributed by atoms with Crippen molar-refractivity contribution in [1.29, 1.82) is 0 Å². The summed E-state index contributed by atoms with van der Waals surface area (Å²) in [6.45, 7) is 3.74. The van der Waals surface area contributed by atoms with Gasteiger partial charge in [0.15, 0.2) is 0 Å². The molecule has 1 aliphatic heterocycles. The number of aromatic nitrogens is 1. The van der Waals surface area contributed by atoms with Crippen LogP contribution in [-0.4, -0.2) is 42.5 Å². The number of nitrogens with zero attached hydrogens (tertiary/aromatic N) is 2. The number of pyridine rings is 1. The Labute approximate surface area is 149 Å². The van der Waals surface area contributed by atoms with E-state index in [0.717, 1.165) is 38.2 Å². The van der Waals surface area contributed by atoms with Crippen LogP contribution in [0.4, 0.5) is 0 Å². The van der Waals surface area contributed by atoms with Crippen LogP contribution in [0.3, 0.4) is 0 Å². The Kier molecular flexibility index (Phi) is 6.01. The Bertz CT molecular complexity index is 690. The Morgan fingerprint density at radius 1 is 1.36 bits per heavy atom. The molecule has 1 aromatic heterocycles. The van der Waals surface area contributed by atoms with Gasteiger partial charge in [-0.25, -0.2) is 0 Å². The van der Waals surface area contributed by atoms with E-state index in [1.807, 2.05) is 12.1 Å². The molecule has 132 valence electrons. The second-order valence-electron chi connectivity index (χ2n) is 6.55. The predicted octanol–water partition coefficient (Wildman–Crippen LogP) is 2.73. The van der Waals surface area contributed by atoms with E-state index in [-0.39, 0.29) is 5.91 Å². The summed E-state index contributed by atoms with van der Waals surface area (Å²) in [5.41, 5.74) is 1.88. The summed E-state index contributed by atoms with van der Waals surface area (Å²) in [4.78, 5) is 18.6. The zero-order valence-electron chi connectivity index (χ0n) is 14.6. The molecule has 5 nitrogen and oxygen atoms in total. The van der Waals surface area contributed by atoms with E-state index in [0.29, 0.717) is 18.0 Å². The minimum absolute atomic E-state index is 0.0435. The smallest absolute Gasteiger partial charge is 0.252 e. The van der Waals surface area contributed by atoms with Crippen molar-refractivity contribution in [2.75, 3.05) is 26.7 Å². The maximum atomic E-state index is 12.2. The van der Waals surface area contributed by atoms with Gasteiger partial charge in [-0.2, -0.15) is 0 Å². The number of piperidine rings is 1. The number of carbonyl (C=O) groups excluding carboxylic acids is 1. The van der Waals surface area contributed by atoms with Crippen LogP contribution >= 0.6 is 0 Å². The highest BCUT2D eigenvalue weighted by atomic mass is 16.5.